The maximum Gasteiger partial charge on any atom is 0.344 e. The average Bonchev–Trinajstić information content (AvgIpc) is 3.37. The molecule has 30 heavy (non-hydrogen) atoms. The van der Waals surface area contributed by atoms with Crippen molar-refractivity contribution in [3.63, 3.8) is 0 Å². The summed E-state index contributed by atoms with van der Waals surface area (Å²) in [5, 5.41) is 0.599. The zero-order chi connectivity index (χ0) is 20.7. The normalized spacial score (nSPS) is 16.4. The Hall–Kier alpha value is -3.16. The number of nitrogens with zero attached hydrogens (tertiary/aromatic N) is 3. The highest BCUT2D eigenvalue weighted by atomic mass is 35.5. The minimum atomic E-state index is -0.537. The summed E-state index contributed by atoms with van der Waals surface area (Å²) >= 11 is 6.04. The van der Waals surface area contributed by atoms with Crippen LogP contribution in [-0.2, 0) is 9.47 Å². The van der Waals surface area contributed by atoms with E-state index in [0.717, 1.165) is 18.5 Å². The highest BCUT2D eigenvalue weighted by Crippen LogP contribution is 2.32. The van der Waals surface area contributed by atoms with Crippen molar-refractivity contribution in [3.8, 4) is 5.69 Å². The first-order chi connectivity index (χ1) is 14.6. The summed E-state index contributed by atoms with van der Waals surface area (Å²) < 4.78 is 12.8. The lowest BCUT2D eigenvalue weighted by molar-refractivity contribution is 0.0163. The third kappa shape index (κ3) is 3.26. The van der Waals surface area contributed by atoms with Crippen molar-refractivity contribution >= 4 is 45.6 Å². The summed E-state index contributed by atoms with van der Waals surface area (Å²) in [4.78, 5) is 22.4. The summed E-state index contributed by atoms with van der Waals surface area (Å²) in [5.74, 6) is -0.315. The van der Waals surface area contributed by atoms with Crippen molar-refractivity contribution in [1.29, 1.82) is 0 Å². The molecule has 1 aliphatic rings. The number of carbonyl (C=O) groups excluding carboxylic acids is 1. The molecule has 1 atom stereocenters. The van der Waals surface area contributed by atoms with E-state index in [1.165, 1.54) is 0 Å². The number of hydrogen-bond acceptors (Lipinski definition) is 6. The molecule has 0 bridgehead atoms. The first kappa shape index (κ1) is 18.8. The minimum Gasteiger partial charge on any atom is -0.459 e. The van der Waals surface area contributed by atoms with Gasteiger partial charge in [0, 0.05) is 17.3 Å². The van der Waals surface area contributed by atoms with Crippen molar-refractivity contribution in [2.45, 2.75) is 18.9 Å². The van der Waals surface area contributed by atoms with Gasteiger partial charge in [0.2, 0.25) is 0 Å². The van der Waals surface area contributed by atoms with Crippen molar-refractivity contribution in [2.24, 2.45) is 0 Å². The number of hydrogen-bond donors (Lipinski definition) is 1. The van der Waals surface area contributed by atoms with Gasteiger partial charge >= 0.3 is 5.97 Å². The van der Waals surface area contributed by atoms with Crippen LogP contribution in [0.5, 0.6) is 0 Å². The van der Waals surface area contributed by atoms with Crippen molar-refractivity contribution < 1.29 is 14.3 Å². The first-order valence-corrected chi connectivity index (χ1v) is 10.1. The number of ether oxygens (including phenoxy) is 2. The van der Waals surface area contributed by atoms with E-state index in [9.17, 15) is 4.79 Å². The Labute approximate surface area is 177 Å². The molecule has 152 valence electrons. The molecule has 8 heteroatoms. The summed E-state index contributed by atoms with van der Waals surface area (Å²) in [7, 11) is 0. The van der Waals surface area contributed by atoms with E-state index >= 15 is 0 Å². The number of esters is 1. The second kappa shape index (κ2) is 7.59. The number of nitrogen functional groups attached to an aromatic ring is 1. The Morgan fingerprint density at radius 1 is 1.17 bits per heavy atom. The lowest BCUT2D eigenvalue weighted by atomic mass is 10.2. The fourth-order valence-electron chi connectivity index (χ4n) is 3.73. The number of aromatic nitrogens is 3. The van der Waals surface area contributed by atoms with E-state index in [1.54, 1.807) is 16.7 Å². The molecular formula is C22H19ClN4O3. The minimum absolute atomic E-state index is 0.0771. The molecule has 4 aromatic rings. The van der Waals surface area contributed by atoms with Gasteiger partial charge in [0.25, 0.3) is 0 Å². The van der Waals surface area contributed by atoms with Crippen LogP contribution in [0.4, 0.5) is 5.82 Å². The fourth-order valence-corrected chi connectivity index (χ4v) is 3.86. The van der Waals surface area contributed by atoms with E-state index in [4.69, 9.17) is 31.8 Å². The molecule has 7 nitrogen and oxygen atoms in total. The van der Waals surface area contributed by atoms with Gasteiger partial charge in [0.15, 0.2) is 5.65 Å². The lowest BCUT2D eigenvalue weighted by Gasteiger charge is -2.10. The zero-order valence-corrected chi connectivity index (χ0v) is 16.8. The predicted octanol–water partition coefficient (Wildman–Crippen LogP) is 4.15. The average molecular weight is 423 g/mol. The van der Waals surface area contributed by atoms with Gasteiger partial charge in [-0.2, -0.15) is 0 Å². The molecule has 2 N–H and O–H groups in total. The summed E-state index contributed by atoms with van der Waals surface area (Å²) in [6.45, 7) is 0.880. The van der Waals surface area contributed by atoms with Gasteiger partial charge in [-0.25, -0.2) is 14.8 Å². The van der Waals surface area contributed by atoms with Crippen LogP contribution in [0.3, 0.4) is 0 Å². The van der Waals surface area contributed by atoms with Crippen molar-refractivity contribution in [3.05, 3.63) is 59.1 Å². The molecule has 3 heterocycles. The molecule has 5 rings (SSSR count). The van der Waals surface area contributed by atoms with Gasteiger partial charge in [-0.3, -0.25) is 4.57 Å². The van der Waals surface area contributed by atoms with Crippen LogP contribution in [0.2, 0.25) is 5.02 Å². The maximum atomic E-state index is 13.0. The standard InChI is InChI=1S/C22H19ClN4O3/c23-13-7-9-14(10-8-13)27-20(24)18(22(28)30-12-15-4-3-11-29-15)19-21(27)26-17-6-2-1-5-16(17)25-19/h1-2,5-10,15H,3-4,11-12,24H2/t15-/m1/s1. The Bertz CT molecular complexity index is 1250. The lowest BCUT2D eigenvalue weighted by Crippen LogP contribution is -2.18. The van der Waals surface area contributed by atoms with Gasteiger partial charge < -0.3 is 15.2 Å². The summed E-state index contributed by atoms with van der Waals surface area (Å²) in [6, 6.07) is 14.6. The first-order valence-electron chi connectivity index (χ1n) is 9.73. The van der Waals surface area contributed by atoms with Crippen LogP contribution < -0.4 is 5.73 Å². The molecule has 0 aliphatic carbocycles. The highest BCUT2D eigenvalue weighted by molar-refractivity contribution is 6.30. The predicted molar refractivity (Wildman–Crippen MR) is 115 cm³/mol. The number of halogens is 1. The van der Waals surface area contributed by atoms with E-state index in [-0.39, 0.29) is 24.1 Å². The number of para-hydroxylation sites is 2. The molecular weight excluding hydrogens is 404 g/mol. The number of anilines is 1. The smallest absolute Gasteiger partial charge is 0.344 e. The fraction of sp³-hybridized carbons (Fsp3) is 0.227. The van der Waals surface area contributed by atoms with Gasteiger partial charge in [-0.05, 0) is 49.2 Å². The third-order valence-electron chi connectivity index (χ3n) is 5.21. The van der Waals surface area contributed by atoms with Crippen molar-refractivity contribution in [1.82, 2.24) is 14.5 Å². The van der Waals surface area contributed by atoms with Crippen LogP contribution in [-0.4, -0.2) is 39.8 Å². The number of fused-ring (bicyclic) bond motifs is 2. The molecule has 1 saturated heterocycles. The third-order valence-corrected chi connectivity index (χ3v) is 5.46. The number of carbonyl (C=O) groups is 1. The maximum absolute atomic E-state index is 13.0. The van der Waals surface area contributed by atoms with Gasteiger partial charge in [0.1, 0.15) is 23.5 Å². The molecule has 0 amide bonds. The van der Waals surface area contributed by atoms with Gasteiger partial charge in [-0.15, -0.1) is 0 Å². The Morgan fingerprint density at radius 2 is 1.90 bits per heavy atom. The van der Waals surface area contributed by atoms with Crippen LogP contribution in [0.1, 0.15) is 23.2 Å². The van der Waals surface area contributed by atoms with Crippen LogP contribution >= 0.6 is 11.6 Å². The number of benzene rings is 2. The molecule has 0 saturated carbocycles. The van der Waals surface area contributed by atoms with E-state index < -0.39 is 5.97 Å². The second-order valence-electron chi connectivity index (χ2n) is 7.19. The Kier molecular flexibility index (Phi) is 4.77. The van der Waals surface area contributed by atoms with E-state index in [0.29, 0.717) is 33.8 Å². The number of nitrogens with two attached hydrogens (primary N) is 1. The molecule has 2 aromatic heterocycles. The summed E-state index contributed by atoms with van der Waals surface area (Å²) in [5.41, 5.74) is 9.65. The summed E-state index contributed by atoms with van der Waals surface area (Å²) in [6.07, 6.45) is 1.77. The molecule has 1 fully saturated rings. The van der Waals surface area contributed by atoms with Gasteiger partial charge in [0.05, 0.1) is 17.1 Å². The zero-order valence-electron chi connectivity index (χ0n) is 16.0. The van der Waals surface area contributed by atoms with Crippen molar-refractivity contribution in [2.75, 3.05) is 18.9 Å². The monoisotopic (exact) mass is 422 g/mol. The van der Waals surface area contributed by atoms with Crippen LogP contribution in [0, 0.1) is 0 Å². The number of rotatable bonds is 4. The van der Waals surface area contributed by atoms with Gasteiger partial charge in [-0.1, -0.05) is 23.7 Å². The molecule has 0 spiro atoms. The molecule has 0 unspecified atom stereocenters. The Balaban J connectivity index is 1.66. The SMILES string of the molecule is Nc1c(C(=O)OC[C@H]2CCCO2)c2nc3ccccc3nc2n1-c1ccc(Cl)cc1. The topological polar surface area (TPSA) is 92.3 Å². The van der Waals surface area contributed by atoms with Crippen LogP contribution in [0.25, 0.3) is 27.9 Å². The van der Waals surface area contributed by atoms with E-state index in [2.05, 4.69) is 4.98 Å². The Morgan fingerprint density at radius 3 is 2.60 bits per heavy atom. The van der Waals surface area contributed by atoms with E-state index in [1.807, 2.05) is 36.4 Å². The highest BCUT2D eigenvalue weighted by Gasteiger charge is 2.27. The molecule has 0 radical (unpaired) electrons. The van der Waals surface area contributed by atoms with Crippen LogP contribution in [0.15, 0.2) is 48.5 Å². The quantitative estimate of drug-likeness (QED) is 0.497. The molecule has 1 aliphatic heterocycles. The second-order valence-corrected chi connectivity index (χ2v) is 7.63. The molecule has 2 aromatic carbocycles. The largest absolute Gasteiger partial charge is 0.459 e.